The molecule has 1 aromatic heterocycles. The van der Waals surface area contributed by atoms with E-state index in [-0.39, 0.29) is 17.6 Å². The number of hydrogen-bond acceptors (Lipinski definition) is 5. The molecule has 6 nitrogen and oxygen atoms in total. The number of aromatic nitrogens is 2. The molecule has 7 heteroatoms. The molecule has 1 unspecified atom stereocenters. The first-order valence-corrected chi connectivity index (χ1v) is 11.2. The zero-order valence-corrected chi connectivity index (χ0v) is 18.4. The van der Waals surface area contributed by atoms with Crippen LogP contribution < -0.4 is 5.32 Å². The molecule has 0 saturated carbocycles. The summed E-state index contributed by atoms with van der Waals surface area (Å²) in [6.45, 7) is 4.85. The van der Waals surface area contributed by atoms with Gasteiger partial charge in [-0.15, -0.1) is 0 Å². The molecular formula is C25H29FN4O2. The second-order valence-electron chi connectivity index (χ2n) is 8.47. The highest BCUT2D eigenvalue weighted by atomic mass is 19.1. The molecule has 168 valence electrons. The Balaban J connectivity index is 1.23. The number of aryl methyl sites for hydroxylation is 2. The lowest BCUT2D eigenvalue weighted by molar-refractivity contribution is -0.126. The first kappa shape index (κ1) is 22.1. The number of hydrogen-bond donors (Lipinski definition) is 1. The topological polar surface area (TPSA) is 71.3 Å². The predicted octanol–water partition coefficient (Wildman–Crippen LogP) is 4.15. The molecule has 3 aromatic rings. The number of nitrogens with one attached hydrogen (secondary N) is 1. The molecule has 0 aliphatic carbocycles. The molecule has 1 saturated heterocycles. The summed E-state index contributed by atoms with van der Waals surface area (Å²) in [7, 11) is 0. The summed E-state index contributed by atoms with van der Waals surface area (Å²) >= 11 is 0. The van der Waals surface area contributed by atoms with Gasteiger partial charge in [0.1, 0.15) is 5.82 Å². The Labute approximate surface area is 187 Å². The SMILES string of the molecule is Cc1ccc(CCCNC(=O)C2CCCN(Cc3nc(-c4ccc(F)cc4)no3)C2)cc1. The number of nitrogens with zero attached hydrogens (tertiary/aromatic N) is 3. The maximum absolute atomic E-state index is 13.1. The fourth-order valence-electron chi connectivity index (χ4n) is 4.04. The third-order valence-corrected chi connectivity index (χ3v) is 5.87. The number of piperidine rings is 1. The van der Waals surface area contributed by atoms with E-state index in [1.54, 1.807) is 12.1 Å². The zero-order valence-electron chi connectivity index (χ0n) is 18.4. The van der Waals surface area contributed by atoms with E-state index in [0.29, 0.717) is 36.9 Å². The summed E-state index contributed by atoms with van der Waals surface area (Å²) in [6, 6.07) is 14.5. The number of halogens is 1. The molecule has 32 heavy (non-hydrogen) atoms. The second kappa shape index (κ2) is 10.5. The highest BCUT2D eigenvalue weighted by Crippen LogP contribution is 2.20. The smallest absolute Gasteiger partial charge is 0.241 e. The van der Waals surface area contributed by atoms with Crippen LogP contribution in [-0.2, 0) is 17.8 Å². The monoisotopic (exact) mass is 436 g/mol. The number of rotatable bonds is 8. The number of benzene rings is 2. The van der Waals surface area contributed by atoms with E-state index in [4.69, 9.17) is 4.52 Å². The van der Waals surface area contributed by atoms with E-state index in [1.807, 2.05) is 0 Å². The van der Waals surface area contributed by atoms with Crippen molar-refractivity contribution in [2.24, 2.45) is 5.92 Å². The molecule has 2 heterocycles. The molecule has 1 amide bonds. The Hall–Kier alpha value is -3.06. The Morgan fingerprint density at radius 1 is 1.19 bits per heavy atom. The molecule has 2 aromatic carbocycles. The largest absolute Gasteiger partial charge is 0.356 e. The lowest BCUT2D eigenvalue weighted by Crippen LogP contribution is -2.43. The van der Waals surface area contributed by atoms with Gasteiger partial charge >= 0.3 is 0 Å². The van der Waals surface area contributed by atoms with Crippen molar-refractivity contribution in [1.29, 1.82) is 0 Å². The number of carbonyl (C=O) groups is 1. The molecule has 0 spiro atoms. The Morgan fingerprint density at radius 3 is 2.75 bits per heavy atom. The van der Waals surface area contributed by atoms with Crippen molar-refractivity contribution in [2.75, 3.05) is 19.6 Å². The van der Waals surface area contributed by atoms with Gasteiger partial charge in [-0.3, -0.25) is 9.69 Å². The van der Waals surface area contributed by atoms with Gasteiger partial charge in [0, 0.05) is 18.7 Å². The van der Waals surface area contributed by atoms with Crippen LogP contribution in [0.4, 0.5) is 4.39 Å². The van der Waals surface area contributed by atoms with E-state index in [9.17, 15) is 9.18 Å². The molecule has 0 bridgehead atoms. The van der Waals surface area contributed by atoms with Crippen molar-refractivity contribution >= 4 is 5.91 Å². The van der Waals surface area contributed by atoms with E-state index in [1.165, 1.54) is 23.3 Å². The van der Waals surface area contributed by atoms with Crippen LogP contribution >= 0.6 is 0 Å². The van der Waals surface area contributed by atoms with Gasteiger partial charge in [0.05, 0.1) is 12.5 Å². The molecule has 1 atom stereocenters. The average Bonchev–Trinajstić information content (AvgIpc) is 3.27. The Bertz CT molecular complexity index is 1020. The Kier molecular flexibility index (Phi) is 7.27. The first-order valence-electron chi connectivity index (χ1n) is 11.2. The highest BCUT2D eigenvalue weighted by Gasteiger charge is 2.26. The van der Waals surface area contributed by atoms with Gasteiger partial charge in [0.15, 0.2) is 0 Å². The minimum atomic E-state index is -0.301. The summed E-state index contributed by atoms with van der Waals surface area (Å²) in [6.07, 6.45) is 3.75. The van der Waals surface area contributed by atoms with Crippen LogP contribution in [0.2, 0.25) is 0 Å². The van der Waals surface area contributed by atoms with Crippen molar-refractivity contribution in [2.45, 2.75) is 39.2 Å². The van der Waals surface area contributed by atoms with Crippen molar-refractivity contribution in [3.63, 3.8) is 0 Å². The maximum atomic E-state index is 13.1. The minimum absolute atomic E-state index is 0.0254. The van der Waals surface area contributed by atoms with Crippen molar-refractivity contribution < 1.29 is 13.7 Å². The van der Waals surface area contributed by atoms with Crippen LogP contribution in [0.25, 0.3) is 11.4 Å². The summed E-state index contributed by atoms with van der Waals surface area (Å²) in [5.74, 6) is 0.743. The summed E-state index contributed by atoms with van der Waals surface area (Å²) in [4.78, 5) is 19.3. The summed E-state index contributed by atoms with van der Waals surface area (Å²) in [5, 5.41) is 7.10. The Morgan fingerprint density at radius 2 is 1.97 bits per heavy atom. The molecule has 1 fully saturated rings. The van der Waals surface area contributed by atoms with Crippen molar-refractivity contribution in [3.05, 3.63) is 71.4 Å². The molecule has 0 radical (unpaired) electrons. The first-order chi connectivity index (χ1) is 15.6. The van der Waals surface area contributed by atoms with E-state index < -0.39 is 0 Å². The van der Waals surface area contributed by atoms with E-state index in [2.05, 4.69) is 51.5 Å². The van der Waals surface area contributed by atoms with Crippen LogP contribution in [0.1, 0.15) is 36.3 Å². The van der Waals surface area contributed by atoms with Crippen LogP contribution in [0.5, 0.6) is 0 Å². The van der Waals surface area contributed by atoms with Gasteiger partial charge in [-0.2, -0.15) is 4.98 Å². The lowest BCUT2D eigenvalue weighted by atomic mass is 9.97. The van der Waals surface area contributed by atoms with E-state index >= 15 is 0 Å². The number of carbonyl (C=O) groups excluding carboxylic acids is 1. The number of amides is 1. The standard InChI is InChI=1S/C25H29FN4O2/c1-18-6-8-19(9-7-18)4-2-14-27-25(31)21-5-3-15-30(16-21)17-23-28-24(29-32-23)20-10-12-22(26)13-11-20/h6-13,21H,2-5,14-17H2,1H3,(H,27,31). The number of likely N-dealkylation sites (tertiary alicyclic amines) is 1. The summed E-state index contributed by atoms with van der Waals surface area (Å²) < 4.78 is 18.5. The lowest BCUT2D eigenvalue weighted by Gasteiger charge is -2.30. The predicted molar refractivity (Wildman–Crippen MR) is 120 cm³/mol. The summed E-state index contributed by atoms with van der Waals surface area (Å²) in [5.41, 5.74) is 3.27. The molecule has 1 aliphatic rings. The van der Waals surface area contributed by atoms with E-state index in [0.717, 1.165) is 32.2 Å². The fraction of sp³-hybridized carbons (Fsp3) is 0.400. The quantitative estimate of drug-likeness (QED) is 0.537. The van der Waals surface area contributed by atoms with Gasteiger partial charge in [0.2, 0.25) is 17.6 Å². The van der Waals surface area contributed by atoms with Crippen molar-refractivity contribution in [1.82, 2.24) is 20.4 Å². The van der Waals surface area contributed by atoms with Gasteiger partial charge in [-0.1, -0.05) is 35.0 Å². The van der Waals surface area contributed by atoms with Crippen molar-refractivity contribution in [3.8, 4) is 11.4 Å². The van der Waals surface area contributed by atoms with Crippen LogP contribution in [0.15, 0.2) is 53.1 Å². The average molecular weight is 437 g/mol. The molecule has 1 aliphatic heterocycles. The van der Waals surface area contributed by atoms with Gasteiger partial charge in [-0.05, 0) is 69.0 Å². The van der Waals surface area contributed by atoms with Crippen LogP contribution in [-0.4, -0.2) is 40.6 Å². The minimum Gasteiger partial charge on any atom is -0.356 e. The molecule has 1 N–H and O–H groups in total. The molecular weight excluding hydrogens is 407 g/mol. The normalized spacial score (nSPS) is 16.8. The highest BCUT2D eigenvalue weighted by molar-refractivity contribution is 5.78. The second-order valence-corrected chi connectivity index (χ2v) is 8.47. The third-order valence-electron chi connectivity index (χ3n) is 5.87. The maximum Gasteiger partial charge on any atom is 0.241 e. The van der Waals surface area contributed by atoms with Gasteiger partial charge in [-0.25, -0.2) is 4.39 Å². The van der Waals surface area contributed by atoms with Crippen LogP contribution in [0.3, 0.4) is 0 Å². The molecule has 4 rings (SSSR count). The van der Waals surface area contributed by atoms with Gasteiger partial charge < -0.3 is 9.84 Å². The fourth-order valence-corrected chi connectivity index (χ4v) is 4.04. The third kappa shape index (κ3) is 6.01. The van der Waals surface area contributed by atoms with Crippen LogP contribution in [0, 0.1) is 18.7 Å². The van der Waals surface area contributed by atoms with Gasteiger partial charge in [0.25, 0.3) is 0 Å². The zero-order chi connectivity index (χ0) is 22.3.